The zero-order valence-corrected chi connectivity index (χ0v) is 8.82. The Labute approximate surface area is 56.1 Å². The number of hydrogen-bond acceptors (Lipinski definition) is 0. The number of hydrogen-bond donors (Lipinski definition) is 0. The summed E-state index contributed by atoms with van der Waals surface area (Å²) < 4.78 is 0.609. The first-order chi connectivity index (χ1) is 3.25. The van der Waals surface area contributed by atoms with Crippen molar-refractivity contribution in [1.29, 1.82) is 0 Å². The van der Waals surface area contributed by atoms with Gasteiger partial charge in [-0.05, 0) is 0 Å². The summed E-state index contributed by atoms with van der Waals surface area (Å²) in [4.78, 5) is 0. The Balaban J connectivity index is 4.02. The average Bonchev–Trinajstić information content (AvgIpc) is 1.25. The molecule has 0 rings (SSSR count). The van der Waals surface area contributed by atoms with E-state index in [0.717, 1.165) is 0 Å². The quantitative estimate of drug-likeness (QED) is 0.498. The normalized spacial score (nSPS) is 14.2. The van der Waals surface area contributed by atoms with Crippen LogP contribution in [0.1, 0.15) is 20.8 Å². The summed E-state index contributed by atoms with van der Waals surface area (Å²) in [7, 11) is 0. The van der Waals surface area contributed by atoms with E-state index in [1.165, 1.54) is 0 Å². The molecule has 0 aromatic rings. The van der Waals surface area contributed by atoms with Gasteiger partial charge in [0.25, 0.3) is 0 Å². The Hall–Kier alpha value is 0.558. The molecule has 8 heavy (non-hydrogen) atoms. The second kappa shape index (κ2) is 2.06. The summed E-state index contributed by atoms with van der Waals surface area (Å²) in [6, 6.07) is 0. The van der Waals surface area contributed by atoms with Gasteiger partial charge in [0.1, 0.15) is 0 Å². The Kier molecular flexibility index (Phi) is 2.21. The first kappa shape index (κ1) is 8.56. The molecule has 0 saturated carbocycles. The predicted octanol–water partition coefficient (Wildman–Crippen LogP) is 3.12. The third-order valence-corrected chi connectivity index (χ3v) is 10.5. The van der Waals surface area contributed by atoms with E-state index in [0.29, 0.717) is 4.20 Å². The van der Waals surface area contributed by atoms with Gasteiger partial charge in [-0.3, -0.25) is 0 Å². The maximum atomic E-state index is 2.44. The minimum atomic E-state index is -1.17. The first-order valence-corrected chi connectivity index (χ1v) is 9.63. The van der Waals surface area contributed by atoms with Gasteiger partial charge in [0.05, 0.1) is 0 Å². The van der Waals surface area contributed by atoms with Gasteiger partial charge >= 0.3 is 55.7 Å². The van der Waals surface area contributed by atoms with E-state index in [-0.39, 0.29) is 0 Å². The van der Waals surface area contributed by atoms with Crippen molar-refractivity contribution in [2.75, 3.05) is 0 Å². The number of rotatable bonds is 0. The summed E-state index contributed by atoms with van der Waals surface area (Å²) in [5.74, 6) is 0. The van der Waals surface area contributed by atoms with Crippen molar-refractivity contribution in [1.82, 2.24) is 0 Å². The standard InChI is InChI=1S/C7H18As/c1-7(2,3)8(4,5)6/h1-6H3/q+1. The van der Waals surface area contributed by atoms with E-state index in [4.69, 9.17) is 0 Å². The van der Waals surface area contributed by atoms with Crippen molar-refractivity contribution in [2.45, 2.75) is 42.1 Å². The van der Waals surface area contributed by atoms with Gasteiger partial charge in [-0.1, -0.05) is 0 Å². The SMILES string of the molecule is CC(C)(C)[As+](C)(C)C. The van der Waals surface area contributed by atoms with E-state index < -0.39 is 13.6 Å². The van der Waals surface area contributed by atoms with Crippen LogP contribution in [0.15, 0.2) is 0 Å². The molecular formula is C7H18As+. The molecule has 0 aromatic carbocycles. The molecule has 0 radical (unpaired) electrons. The zero-order valence-electron chi connectivity index (χ0n) is 6.95. The molecule has 0 aromatic heterocycles. The predicted molar refractivity (Wildman–Crippen MR) is 43.1 cm³/mol. The van der Waals surface area contributed by atoms with E-state index in [9.17, 15) is 0 Å². The average molecular weight is 177 g/mol. The van der Waals surface area contributed by atoms with Crippen molar-refractivity contribution in [2.24, 2.45) is 0 Å². The van der Waals surface area contributed by atoms with Crippen LogP contribution in [0.2, 0.25) is 21.3 Å². The van der Waals surface area contributed by atoms with Gasteiger partial charge in [-0.25, -0.2) is 0 Å². The molecule has 0 heterocycles. The van der Waals surface area contributed by atoms with Crippen molar-refractivity contribution < 1.29 is 0 Å². The summed E-state index contributed by atoms with van der Waals surface area (Å²) in [6.45, 7) is 7.04. The van der Waals surface area contributed by atoms with Gasteiger partial charge in [0.2, 0.25) is 0 Å². The van der Waals surface area contributed by atoms with E-state index in [1.54, 1.807) is 0 Å². The van der Waals surface area contributed by atoms with Crippen molar-refractivity contribution >= 4 is 13.6 Å². The van der Waals surface area contributed by atoms with Crippen LogP contribution in [0.4, 0.5) is 0 Å². The third kappa shape index (κ3) is 2.22. The van der Waals surface area contributed by atoms with Crippen molar-refractivity contribution in [3.8, 4) is 0 Å². The molecule has 0 aliphatic carbocycles. The van der Waals surface area contributed by atoms with Gasteiger partial charge in [0.15, 0.2) is 0 Å². The Morgan fingerprint density at radius 3 is 1.00 bits per heavy atom. The molecule has 0 bridgehead atoms. The van der Waals surface area contributed by atoms with Crippen molar-refractivity contribution in [3.05, 3.63) is 0 Å². The van der Waals surface area contributed by atoms with Crippen LogP contribution < -0.4 is 0 Å². The molecule has 0 fully saturated rings. The Morgan fingerprint density at radius 1 is 0.875 bits per heavy atom. The summed E-state index contributed by atoms with van der Waals surface area (Å²) in [6.07, 6.45) is 0. The van der Waals surface area contributed by atoms with Crippen LogP contribution in [0, 0.1) is 0 Å². The molecule has 0 aliphatic rings. The van der Waals surface area contributed by atoms with Gasteiger partial charge < -0.3 is 0 Å². The first-order valence-electron chi connectivity index (χ1n) is 3.07. The molecule has 0 unspecified atom stereocenters. The van der Waals surface area contributed by atoms with E-state index in [2.05, 4.69) is 37.9 Å². The fraction of sp³-hybridized carbons (Fsp3) is 1.00. The molecule has 1 heteroatoms. The molecule has 0 atom stereocenters. The maximum absolute atomic E-state index is 2.44. The summed E-state index contributed by atoms with van der Waals surface area (Å²) in [5.41, 5.74) is 7.33. The van der Waals surface area contributed by atoms with Crippen LogP contribution in [-0.2, 0) is 0 Å². The van der Waals surface area contributed by atoms with Crippen LogP contribution >= 0.6 is 0 Å². The molecule has 0 nitrogen and oxygen atoms in total. The Morgan fingerprint density at radius 2 is 1.00 bits per heavy atom. The van der Waals surface area contributed by atoms with E-state index in [1.807, 2.05) is 0 Å². The molecule has 0 saturated heterocycles. The second-order valence-electron chi connectivity index (χ2n) is 4.18. The molecule has 0 spiro atoms. The zero-order chi connectivity index (χ0) is 7.00. The van der Waals surface area contributed by atoms with Crippen LogP contribution in [-0.4, -0.2) is 13.6 Å². The van der Waals surface area contributed by atoms with Crippen LogP contribution in [0.25, 0.3) is 0 Å². The van der Waals surface area contributed by atoms with Gasteiger partial charge in [0, 0.05) is 0 Å². The second-order valence-corrected chi connectivity index (χ2v) is 15.4. The fourth-order valence-electron chi connectivity index (χ4n) is 0. The topological polar surface area (TPSA) is 0 Å². The molecular weight excluding hydrogens is 159 g/mol. The van der Waals surface area contributed by atoms with Crippen LogP contribution in [0.3, 0.4) is 0 Å². The third-order valence-electron chi connectivity index (χ3n) is 2.01. The minimum absolute atomic E-state index is 0.609. The molecule has 0 aliphatic heterocycles. The molecule has 0 N–H and O–H groups in total. The Bertz CT molecular complexity index is 59.4. The fourth-order valence-corrected chi connectivity index (χ4v) is 0. The van der Waals surface area contributed by atoms with Gasteiger partial charge in [-0.2, -0.15) is 0 Å². The van der Waals surface area contributed by atoms with Gasteiger partial charge in [-0.15, -0.1) is 0 Å². The monoisotopic (exact) mass is 177 g/mol. The summed E-state index contributed by atoms with van der Waals surface area (Å²) >= 11 is -1.17. The summed E-state index contributed by atoms with van der Waals surface area (Å²) in [5, 5.41) is 0. The van der Waals surface area contributed by atoms with Crippen LogP contribution in [0.5, 0.6) is 0 Å². The molecule has 0 amide bonds. The molecule has 50 valence electrons. The van der Waals surface area contributed by atoms with Crippen molar-refractivity contribution in [3.63, 3.8) is 0 Å². The van der Waals surface area contributed by atoms with E-state index >= 15 is 0 Å².